The highest BCUT2D eigenvalue weighted by atomic mass is 14.1. The molecule has 0 nitrogen and oxygen atoms in total. The van der Waals surface area contributed by atoms with Gasteiger partial charge in [0.25, 0.3) is 0 Å². The third-order valence-corrected chi connectivity index (χ3v) is 9.58. The lowest BCUT2D eigenvalue weighted by Gasteiger charge is -2.12. The maximum Gasteiger partial charge on any atom is -0.00987 e. The summed E-state index contributed by atoms with van der Waals surface area (Å²) in [6.45, 7) is 2.29. The topological polar surface area (TPSA) is 0 Å². The first-order chi connectivity index (χ1) is 20.8. The lowest BCUT2D eigenvalue weighted by Crippen LogP contribution is -1.88. The number of benzene rings is 7. The van der Waals surface area contributed by atoms with Crippen molar-refractivity contribution >= 4 is 64.6 Å². The van der Waals surface area contributed by atoms with Crippen LogP contribution in [0.25, 0.3) is 64.6 Å². The van der Waals surface area contributed by atoms with Crippen molar-refractivity contribution in [3.63, 3.8) is 0 Å². The molecule has 0 aliphatic rings. The Morgan fingerprint density at radius 3 is 1.40 bits per heavy atom. The van der Waals surface area contributed by atoms with Gasteiger partial charge in [0.2, 0.25) is 0 Å². The summed E-state index contributed by atoms with van der Waals surface area (Å²) in [5, 5.41) is 16.0. The molecule has 7 aromatic rings. The maximum absolute atomic E-state index is 2.43. The van der Waals surface area contributed by atoms with E-state index in [1.54, 1.807) is 0 Å². The summed E-state index contributed by atoms with van der Waals surface area (Å²) in [7, 11) is 0. The van der Waals surface area contributed by atoms with Gasteiger partial charge in [-0.1, -0.05) is 156 Å². The first-order valence-corrected chi connectivity index (χ1v) is 16.4. The Hall–Kier alpha value is -3.90. The molecule has 0 bridgehead atoms. The Bertz CT molecular complexity index is 2030. The summed E-state index contributed by atoms with van der Waals surface area (Å²) >= 11 is 0. The molecule has 0 atom stereocenters. The molecule has 7 aromatic carbocycles. The lowest BCUT2D eigenvalue weighted by molar-refractivity contribution is 0.556. The Labute approximate surface area is 250 Å². The van der Waals surface area contributed by atoms with Crippen LogP contribution in [0, 0.1) is 0 Å². The van der Waals surface area contributed by atoms with Gasteiger partial charge < -0.3 is 0 Å². The number of fused-ring (bicyclic) bond motifs is 10. The molecule has 210 valence electrons. The molecule has 0 aliphatic carbocycles. The van der Waals surface area contributed by atoms with Gasteiger partial charge in [0.05, 0.1) is 0 Å². The van der Waals surface area contributed by atoms with Crippen LogP contribution in [0.1, 0.15) is 76.7 Å². The molecule has 0 heterocycles. The Morgan fingerprint density at radius 1 is 0.333 bits per heavy atom. The quantitative estimate of drug-likeness (QED) is 0.0860. The monoisotopic (exact) mass is 546 g/mol. The molecule has 0 unspecified atom stereocenters. The molecule has 0 saturated heterocycles. The van der Waals surface area contributed by atoms with E-state index in [-0.39, 0.29) is 0 Å². The van der Waals surface area contributed by atoms with Crippen molar-refractivity contribution in [2.24, 2.45) is 0 Å². The van der Waals surface area contributed by atoms with Crippen molar-refractivity contribution in [3.8, 4) is 0 Å². The molecule has 0 spiro atoms. The van der Waals surface area contributed by atoms with Crippen LogP contribution in [0.15, 0.2) is 103 Å². The van der Waals surface area contributed by atoms with E-state index in [4.69, 9.17) is 0 Å². The third-order valence-electron chi connectivity index (χ3n) is 9.58. The second-order valence-electron chi connectivity index (χ2n) is 12.5. The predicted octanol–water partition coefficient (Wildman–Crippen LogP) is 13.1. The smallest absolute Gasteiger partial charge is 0.00987 e. The standard InChI is InChI=1S/C42H42/c1-2-3-4-5-6-7-8-9-10-11-14-30-17-22-36-32(27-30)19-26-40-38(36)25-21-34-28-41-33(29-42(34)40)20-24-37-35-16-13-12-15-31(35)18-23-39(37)41/h12-13,15-29H,2-11,14H2,1H3. The zero-order valence-corrected chi connectivity index (χ0v) is 25.1. The average molecular weight is 547 g/mol. The molecule has 0 radical (unpaired) electrons. The van der Waals surface area contributed by atoms with Crippen molar-refractivity contribution < 1.29 is 0 Å². The minimum atomic E-state index is 1.19. The van der Waals surface area contributed by atoms with Crippen LogP contribution in [0.3, 0.4) is 0 Å². The molecule has 7 rings (SSSR count). The van der Waals surface area contributed by atoms with E-state index in [0.717, 1.165) is 0 Å². The van der Waals surface area contributed by atoms with Crippen molar-refractivity contribution in [2.75, 3.05) is 0 Å². The highest BCUT2D eigenvalue weighted by Gasteiger charge is 2.10. The average Bonchev–Trinajstić information content (AvgIpc) is 3.04. The van der Waals surface area contributed by atoms with Gasteiger partial charge in [-0.25, -0.2) is 0 Å². The van der Waals surface area contributed by atoms with E-state index in [0.29, 0.717) is 0 Å². The fourth-order valence-corrected chi connectivity index (χ4v) is 7.22. The van der Waals surface area contributed by atoms with Gasteiger partial charge in [-0.05, 0) is 95.2 Å². The van der Waals surface area contributed by atoms with Gasteiger partial charge in [0.15, 0.2) is 0 Å². The van der Waals surface area contributed by atoms with E-state index in [2.05, 4.69) is 110 Å². The predicted molar refractivity (Wildman–Crippen MR) is 187 cm³/mol. The number of aryl methyl sites for hydroxylation is 1. The first kappa shape index (κ1) is 27.0. The minimum Gasteiger partial charge on any atom is -0.0654 e. The van der Waals surface area contributed by atoms with Crippen LogP contribution in [-0.4, -0.2) is 0 Å². The number of unbranched alkanes of at least 4 members (excludes halogenated alkanes) is 9. The molecular weight excluding hydrogens is 504 g/mol. The highest BCUT2D eigenvalue weighted by molar-refractivity contribution is 6.23. The SMILES string of the molecule is CCCCCCCCCCCCc1ccc2c(ccc3c4cc5ccc6c7ccccc7ccc6c5cc4ccc23)c1. The van der Waals surface area contributed by atoms with Crippen molar-refractivity contribution in [2.45, 2.75) is 77.6 Å². The van der Waals surface area contributed by atoms with Gasteiger partial charge in [-0.15, -0.1) is 0 Å². The molecule has 42 heavy (non-hydrogen) atoms. The normalized spacial score (nSPS) is 12.0. The van der Waals surface area contributed by atoms with Crippen LogP contribution in [0.5, 0.6) is 0 Å². The van der Waals surface area contributed by atoms with Gasteiger partial charge in [0.1, 0.15) is 0 Å². The summed E-state index contributed by atoms with van der Waals surface area (Å²) in [6, 6.07) is 39.2. The summed E-state index contributed by atoms with van der Waals surface area (Å²) in [4.78, 5) is 0. The van der Waals surface area contributed by atoms with Crippen LogP contribution in [0.2, 0.25) is 0 Å². The number of rotatable bonds is 11. The lowest BCUT2D eigenvalue weighted by atomic mass is 9.92. The Balaban J connectivity index is 1.12. The molecule has 0 aromatic heterocycles. The van der Waals surface area contributed by atoms with E-state index < -0.39 is 0 Å². The fourth-order valence-electron chi connectivity index (χ4n) is 7.22. The van der Waals surface area contributed by atoms with E-state index in [1.165, 1.54) is 141 Å². The summed E-state index contributed by atoms with van der Waals surface area (Å²) in [6.07, 6.45) is 15.1. The second-order valence-corrected chi connectivity index (χ2v) is 12.5. The largest absolute Gasteiger partial charge is 0.0654 e. The maximum atomic E-state index is 2.43. The van der Waals surface area contributed by atoms with Crippen LogP contribution >= 0.6 is 0 Å². The van der Waals surface area contributed by atoms with Crippen molar-refractivity contribution in [3.05, 3.63) is 109 Å². The van der Waals surface area contributed by atoms with Gasteiger partial charge in [-0.3, -0.25) is 0 Å². The van der Waals surface area contributed by atoms with E-state index >= 15 is 0 Å². The zero-order valence-electron chi connectivity index (χ0n) is 25.1. The Morgan fingerprint density at radius 2 is 0.786 bits per heavy atom. The summed E-state index contributed by atoms with van der Waals surface area (Å²) < 4.78 is 0. The molecule has 0 heteroatoms. The molecule has 0 N–H and O–H groups in total. The van der Waals surface area contributed by atoms with Crippen LogP contribution in [-0.2, 0) is 6.42 Å². The second kappa shape index (κ2) is 12.1. The molecule has 0 saturated carbocycles. The van der Waals surface area contributed by atoms with Crippen LogP contribution < -0.4 is 0 Å². The first-order valence-electron chi connectivity index (χ1n) is 16.4. The summed E-state index contributed by atoms with van der Waals surface area (Å²) in [5.74, 6) is 0. The molecule has 0 fully saturated rings. The molecule has 0 aliphatic heterocycles. The minimum absolute atomic E-state index is 1.19. The number of hydrogen-bond donors (Lipinski definition) is 0. The number of hydrogen-bond acceptors (Lipinski definition) is 0. The molecular formula is C42H42. The van der Waals surface area contributed by atoms with E-state index in [9.17, 15) is 0 Å². The van der Waals surface area contributed by atoms with Gasteiger partial charge >= 0.3 is 0 Å². The van der Waals surface area contributed by atoms with Crippen molar-refractivity contribution in [1.29, 1.82) is 0 Å². The fraction of sp³-hybridized carbons (Fsp3) is 0.286. The zero-order chi connectivity index (χ0) is 28.3. The van der Waals surface area contributed by atoms with Crippen molar-refractivity contribution in [1.82, 2.24) is 0 Å². The van der Waals surface area contributed by atoms with Crippen LogP contribution in [0.4, 0.5) is 0 Å². The highest BCUT2D eigenvalue weighted by Crippen LogP contribution is 2.37. The van der Waals surface area contributed by atoms with E-state index in [1.807, 2.05) is 0 Å². The van der Waals surface area contributed by atoms with Gasteiger partial charge in [0, 0.05) is 0 Å². The summed E-state index contributed by atoms with van der Waals surface area (Å²) in [5.41, 5.74) is 1.48. The Kier molecular flexibility index (Phi) is 7.80. The molecule has 0 amide bonds. The third kappa shape index (κ3) is 5.24. The van der Waals surface area contributed by atoms with Gasteiger partial charge in [-0.2, -0.15) is 0 Å².